The second kappa shape index (κ2) is 3.35. The molecule has 0 aliphatic rings. The highest BCUT2D eigenvalue weighted by atomic mass is 16.1. The minimum atomic E-state index is -0.0374. The number of benzene rings is 1. The molecule has 68 valence electrons. The smallest absolute Gasteiger partial charge is 0.189 e. The monoisotopic (exact) mass is 184 g/mol. The summed E-state index contributed by atoms with van der Waals surface area (Å²) in [6.07, 6.45) is 0.236. The van der Waals surface area contributed by atoms with Gasteiger partial charge in [-0.2, -0.15) is 5.26 Å². The van der Waals surface area contributed by atoms with E-state index in [0.717, 1.165) is 5.52 Å². The van der Waals surface area contributed by atoms with Crippen molar-refractivity contribution < 1.29 is 0 Å². The summed E-state index contributed by atoms with van der Waals surface area (Å²) in [7, 11) is 0. The van der Waals surface area contributed by atoms with Crippen molar-refractivity contribution in [2.75, 3.05) is 0 Å². The van der Waals surface area contributed by atoms with E-state index in [-0.39, 0.29) is 11.8 Å². The fraction of sp³-hybridized carbons (Fsp3) is 0.0909. The molecule has 0 amide bonds. The largest absolute Gasteiger partial charge is 0.357 e. The van der Waals surface area contributed by atoms with E-state index in [1.165, 1.54) is 6.07 Å². The Balaban J connectivity index is 2.74. The van der Waals surface area contributed by atoms with Gasteiger partial charge in [0.05, 0.1) is 12.5 Å². The first-order valence-electron chi connectivity index (χ1n) is 4.29. The maximum Gasteiger partial charge on any atom is 0.189 e. The number of hydrogen-bond acceptors (Lipinski definition) is 2. The molecule has 3 nitrogen and oxygen atoms in total. The number of rotatable bonds is 1. The number of aromatic nitrogens is 1. The van der Waals surface area contributed by atoms with E-state index in [9.17, 15) is 4.79 Å². The third-order valence-electron chi connectivity index (χ3n) is 2.06. The van der Waals surface area contributed by atoms with Crippen LogP contribution in [0.3, 0.4) is 0 Å². The molecular formula is C11H8N2O. The van der Waals surface area contributed by atoms with E-state index in [1.54, 1.807) is 6.07 Å². The lowest BCUT2D eigenvalue weighted by Crippen LogP contribution is -2.04. The van der Waals surface area contributed by atoms with Gasteiger partial charge in [0.15, 0.2) is 5.43 Å². The zero-order chi connectivity index (χ0) is 9.97. The van der Waals surface area contributed by atoms with Crippen molar-refractivity contribution in [3.05, 3.63) is 46.2 Å². The van der Waals surface area contributed by atoms with Gasteiger partial charge < -0.3 is 4.98 Å². The minimum Gasteiger partial charge on any atom is -0.357 e. The van der Waals surface area contributed by atoms with Gasteiger partial charge >= 0.3 is 0 Å². The Hall–Kier alpha value is -2.08. The summed E-state index contributed by atoms with van der Waals surface area (Å²) < 4.78 is 0. The molecule has 0 aliphatic carbocycles. The number of hydrogen-bond donors (Lipinski definition) is 1. The van der Waals surface area contributed by atoms with Gasteiger partial charge in [-0.15, -0.1) is 0 Å². The third kappa shape index (κ3) is 1.38. The van der Waals surface area contributed by atoms with Gasteiger partial charge in [0, 0.05) is 22.7 Å². The summed E-state index contributed by atoms with van der Waals surface area (Å²) >= 11 is 0. The molecular weight excluding hydrogens is 176 g/mol. The quantitative estimate of drug-likeness (QED) is 0.731. The molecule has 1 aromatic heterocycles. The first kappa shape index (κ1) is 8.52. The van der Waals surface area contributed by atoms with E-state index < -0.39 is 0 Å². The van der Waals surface area contributed by atoms with Gasteiger partial charge in [0.2, 0.25) is 0 Å². The van der Waals surface area contributed by atoms with Crippen molar-refractivity contribution in [2.24, 2.45) is 0 Å². The summed E-state index contributed by atoms with van der Waals surface area (Å²) in [6, 6.07) is 10.8. The minimum absolute atomic E-state index is 0.0374. The van der Waals surface area contributed by atoms with Crippen LogP contribution in [0.25, 0.3) is 10.9 Å². The molecule has 0 bridgehead atoms. The average Bonchev–Trinajstić information content (AvgIpc) is 2.18. The van der Waals surface area contributed by atoms with Gasteiger partial charge in [0.1, 0.15) is 0 Å². The molecule has 0 saturated carbocycles. The Kier molecular flexibility index (Phi) is 2.04. The third-order valence-corrected chi connectivity index (χ3v) is 2.06. The summed E-state index contributed by atoms with van der Waals surface area (Å²) in [5, 5.41) is 9.17. The van der Waals surface area contributed by atoms with Crippen molar-refractivity contribution >= 4 is 10.9 Å². The molecule has 0 radical (unpaired) electrons. The van der Waals surface area contributed by atoms with Crippen molar-refractivity contribution in [2.45, 2.75) is 6.42 Å². The van der Waals surface area contributed by atoms with E-state index in [2.05, 4.69) is 4.98 Å². The second-order valence-electron chi connectivity index (χ2n) is 3.04. The molecule has 0 saturated heterocycles. The predicted molar refractivity (Wildman–Crippen MR) is 53.9 cm³/mol. The Morgan fingerprint density at radius 1 is 1.36 bits per heavy atom. The Morgan fingerprint density at radius 2 is 2.14 bits per heavy atom. The van der Waals surface area contributed by atoms with Crippen LogP contribution in [0.1, 0.15) is 5.69 Å². The van der Waals surface area contributed by atoms with Crippen LogP contribution in [-0.2, 0) is 6.42 Å². The summed E-state index contributed by atoms with van der Waals surface area (Å²) in [4.78, 5) is 14.6. The van der Waals surface area contributed by atoms with Crippen LogP contribution >= 0.6 is 0 Å². The molecule has 0 fully saturated rings. The molecule has 0 spiro atoms. The lowest BCUT2D eigenvalue weighted by atomic mass is 10.2. The van der Waals surface area contributed by atoms with Crippen LogP contribution in [0.4, 0.5) is 0 Å². The van der Waals surface area contributed by atoms with Crippen molar-refractivity contribution in [1.29, 1.82) is 5.26 Å². The predicted octanol–water partition coefficient (Wildman–Crippen LogP) is 1.59. The molecule has 1 N–H and O–H groups in total. The van der Waals surface area contributed by atoms with E-state index in [0.29, 0.717) is 11.1 Å². The Labute approximate surface area is 80.6 Å². The average molecular weight is 184 g/mol. The molecule has 2 rings (SSSR count). The van der Waals surface area contributed by atoms with Crippen LogP contribution < -0.4 is 5.43 Å². The number of aromatic amines is 1. The summed E-state index contributed by atoms with van der Waals surface area (Å²) in [6.45, 7) is 0. The van der Waals surface area contributed by atoms with Gasteiger partial charge in [-0.1, -0.05) is 12.1 Å². The fourth-order valence-corrected chi connectivity index (χ4v) is 1.43. The molecule has 2 aromatic rings. The van der Waals surface area contributed by atoms with Crippen LogP contribution in [-0.4, -0.2) is 4.98 Å². The molecule has 0 atom stereocenters. The van der Waals surface area contributed by atoms with Crippen LogP contribution in [0, 0.1) is 11.3 Å². The van der Waals surface area contributed by atoms with Crippen molar-refractivity contribution in [3.63, 3.8) is 0 Å². The number of nitrogens with zero attached hydrogens (tertiary/aromatic N) is 1. The Bertz CT molecular complexity index is 563. The van der Waals surface area contributed by atoms with Crippen LogP contribution in [0.2, 0.25) is 0 Å². The first-order valence-corrected chi connectivity index (χ1v) is 4.29. The highest BCUT2D eigenvalue weighted by molar-refractivity contribution is 5.78. The molecule has 1 heterocycles. The number of H-pyrrole nitrogens is 1. The lowest BCUT2D eigenvalue weighted by molar-refractivity contribution is 1.14. The Morgan fingerprint density at radius 3 is 2.93 bits per heavy atom. The molecule has 14 heavy (non-hydrogen) atoms. The number of nitriles is 1. The highest BCUT2D eigenvalue weighted by Crippen LogP contribution is 2.07. The van der Waals surface area contributed by atoms with Crippen LogP contribution in [0.15, 0.2) is 35.1 Å². The SMILES string of the molecule is N#CCc1cc(=O)c2ccccc2[nH]1. The van der Waals surface area contributed by atoms with Crippen LogP contribution in [0.5, 0.6) is 0 Å². The number of pyridine rings is 1. The lowest BCUT2D eigenvalue weighted by Gasteiger charge is -1.99. The van der Waals surface area contributed by atoms with E-state index in [4.69, 9.17) is 5.26 Å². The zero-order valence-corrected chi connectivity index (χ0v) is 7.45. The normalized spacial score (nSPS) is 9.93. The fourth-order valence-electron chi connectivity index (χ4n) is 1.43. The standard InChI is InChI=1S/C11H8N2O/c12-6-5-8-7-11(14)9-3-1-2-4-10(9)13-8/h1-4,7H,5H2,(H,13,14). The number of fused-ring (bicyclic) bond motifs is 1. The van der Waals surface area contributed by atoms with Crippen molar-refractivity contribution in [3.8, 4) is 6.07 Å². The van der Waals surface area contributed by atoms with Gasteiger partial charge in [-0.05, 0) is 12.1 Å². The maximum atomic E-state index is 11.5. The summed E-state index contributed by atoms with van der Waals surface area (Å²) in [5.74, 6) is 0. The molecule has 0 unspecified atom stereocenters. The van der Waals surface area contributed by atoms with Crippen molar-refractivity contribution in [1.82, 2.24) is 4.98 Å². The number of nitrogens with one attached hydrogen (secondary N) is 1. The van der Waals surface area contributed by atoms with Gasteiger partial charge in [0.25, 0.3) is 0 Å². The van der Waals surface area contributed by atoms with E-state index >= 15 is 0 Å². The molecule has 1 aromatic carbocycles. The van der Waals surface area contributed by atoms with Gasteiger partial charge in [-0.25, -0.2) is 0 Å². The van der Waals surface area contributed by atoms with E-state index in [1.807, 2.05) is 24.3 Å². The second-order valence-corrected chi connectivity index (χ2v) is 3.04. The maximum absolute atomic E-state index is 11.5. The first-order chi connectivity index (χ1) is 6.81. The topological polar surface area (TPSA) is 56.6 Å². The highest BCUT2D eigenvalue weighted by Gasteiger charge is 1.99. The zero-order valence-electron chi connectivity index (χ0n) is 7.45. The van der Waals surface area contributed by atoms with Gasteiger partial charge in [-0.3, -0.25) is 4.79 Å². The molecule has 3 heteroatoms. The molecule has 0 aliphatic heterocycles. The number of para-hydroxylation sites is 1. The summed E-state index contributed by atoms with van der Waals surface area (Å²) in [5.41, 5.74) is 1.41.